The first-order valence-corrected chi connectivity index (χ1v) is 8.36. The van der Waals surface area contributed by atoms with Crippen molar-refractivity contribution in [2.45, 2.75) is 32.4 Å². The van der Waals surface area contributed by atoms with Gasteiger partial charge >= 0.3 is 6.03 Å². The van der Waals surface area contributed by atoms with Crippen LogP contribution in [-0.2, 0) is 23.3 Å². The molecule has 6 nitrogen and oxygen atoms in total. The number of hydrogen-bond donors (Lipinski definition) is 2. The number of benzene rings is 1. The van der Waals surface area contributed by atoms with Gasteiger partial charge < -0.3 is 15.0 Å². The summed E-state index contributed by atoms with van der Waals surface area (Å²) in [6.45, 7) is 6.19. The summed E-state index contributed by atoms with van der Waals surface area (Å²) in [5.74, 6) is 0. The van der Waals surface area contributed by atoms with Gasteiger partial charge in [-0.15, -0.1) is 0 Å². The molecule has 128 valence electrons. The molecule has 0 spiro atoms. The van der Waals surface area contributed by atoms with Gasteiger partial charge in [-0.25, -0.2) is 4.79 Å². The summed E-state index contributed by atoms with van der Waals surface area (Å²) in [6, 6.07) is 12.0. The summed E-state index contributed by atoms with van der Waals surface area (Å²) < 4.78 is 5.97. The molecule has 2 N–H and O–H groups in total. The molecule has 1 aliphatic rings. The number of aromatic nitrogens is 2. The van der Waals surface area contributed by atoms with Gasteiger partial charge in [0.15, 0.2) is 0 Å². The molecule has 0 bridgehead atoms. The molecular weight excluding hydrogens is 304 g/mol. The zero-order valence-electron chi connectivity index (χ0n) is 14.2. The van der Waals surface area contributed by atoms with Gasteiger partial charge in [-0.05, 0) is 25.0 Å². The van der Waals surface area contributed by atoms with Gasteiger partial charge in [-0.3, -0.25) is 5.10 Å². The van der Waals surface area contributed by atoms with Crippen molar-refractivity contribution in [2.75, 3.05) is 19.7 Å². The Morgan fingerprint density at radius 2 is 2.21 bits per heavy atom. The average molecular weight is 328 g/mol. The molecule has 6 heteroatoms. The number of amides is 2. The van der Waals surface area contributed by atoms with E-state index < -0.39 is 5.60 Å². The Kier molecular flexibility index (Phi) is 4.85. The molecule has 3 rings (SSSR count). The number of carbonyl (C=O) groups excluding carboxylic acids is 1. The lowest BCUT2D eigenvalue weighted by Gasteiger charge is -2.40. The lowest BCUT2D eigenvalue weighted by molar-refractivity contribution is -0.0906. The predicted octanol–water partition coefficient (Wildman–Crippen LogP) is 2.43. The SMILES string of the molecule is CCc1cc(CNC(=O)N2CCOC(C)(c3ccccc3)C2)[nH]n1. The van der Waals surface area contributed by atoms with E-state index >= 15 is 0 Å². The van der Waals surface area contributed by atoms with Crippen molar-refractivity contribution in [3.63, 3.8) is 0 Å². The highest BCUT2D eigenvalue weighted by Crippen LogP contribution is 2.29. The lowest BCUT2D eigenvalue weighted by atomic mass is 9.94. The standard InChI is InChI=1S/C18H24N4O2/c1-3-15-11-16(21-20-15)12-19-17(23)22-9-10-24-18(2,13-22)14-7-5-4-6-8-14/h4-8,11H,3,9-10,12-13H2,1-2H3,(H,19,23)(H,20,21). The fourth-order valence-electron chi connectivity index (χ4n) is 2.97. The fraction of sp³-hybridized carbons (Fsp3) is 0.444. The number of H-pyrrole nitrogens is 1. The molecule has 0 aliphatic carbocycles. The molecule has 0 saturated carbocycles. The Labute approximate surface area is 142 Å². The second kappa shape index (κ2) is 7.05. The molecule has 1 atom stereocenters. The number of hydrogen-bond acceptors (Lipinski definition) is 3. The number of aryl methyl sites for hydroxylation is 1. The number of nitrogens with one attached hydrogen (secondary N) is 2. The van der Waals surface area contributed by atoms with Crippen LogP contribution in [0.1, 0.15) is 30.8 Å². The summed E-state index contributed by atoms with van der Waals surface area (Å²) in [6.07, 6.45) is 0.878. The summed E-state index contributed by atoms with van der Waals surface area (Å²) in [5, 5.41) is 10.1. The summed E-state index contributed by atoms with van der Waals surface area (Å²) in [4.78, 5) is 14.3. The number of ether oxygens (including phenoxy) is 1. The maximum absolute atomic E-state index is 12.5. The molecule has 1 aromatic heterocycles. The third-order valence-electron chi connectivity index (χ3n) is 4.42. The van der Waals surface area contributed by atoms with Gasteiger partial charge in [-0.1, -0.05) is 37.3 Å². The van der Waals surface area contributed by atoms with Gasteiger partial charge in [-0.2, -0.15) is 5.10 Å². The van der Waals surface area contributed by atoms with Crippen LogP contribution in [0.2, 0.25) is 0 Å². The predicted molar refractivity (Wildman–Crippen MR) is 91.5 cm³/mol. The maximum Gasteiger partial charge on any atom is 0.317 e. The van der Waals surface area contributed by atoms with Crippen molar-refractivity contribution in [3.8, 4) is 0 Å². The minimum Gasteiger partial charge on any atom is -0.367 e. The Bertz CT molecular complexity index is 685. The van der Waals surface area contributed by atoms with Crippen LogP contribution in [0.15, 0.2) is 36.4 Å². The number of nitrogens with zero attached hydrogens (tertiary/aromatic N) is 2. The molecule has 2 amide bonds. The smallest absolute Gasteiger partial charge is 0.317 e. The van der Waals surface area contributed by atoms with Crippen LogP contribution in [0.5, 0.6) is 0 Å². The summed E-state index contributed by atoms with van der Waals surface area (Å²) >= 11 is 0. The highest BCUT2D eigenvalue weighted by Gasteiger charge is 2.35. The number of carbonyl (C=O) groups is 1. The first kappa shape index (κ1) is 16.5. The Morgan fingerprint density at radius 3 is 2.92 bits per heavy atom. The van der Waals surface area contributed by atoms with E-state index in [1.165, 1.54) is 0 Å². The van der Waals surface area contributed by atoms with E-state index in [1.54, 1.807) is 0 Å². The van der Waals surface area contributed by atoms with Gasteiger partial charge in [0.25, 0.3) is 0 Å². The molecule has 24 heavy (non-hydrogen) atoms. The zero-order chi connectivity index (χ0) is 17.0. The quantitative estimate of drug-likeness (QED) is 0.905. The second-order valence-electron chi connectivity index (χ2n) is 6.26. The van der Waals surface area contributed by atoms with E-state index in [1.807, 2.05) is 48.2 Å². The molecule has 1 aliphatic heterocycles. The molecule has 1 aromatic carbocycles. The van der Waals surface area contributed by atoms with E-state index in [0.717, 1.165) is 23.4 Å². The second-order valence-corrected chi connectivity index (χ2v) is 6.26. The van der Waals surface area contributed by atoms with Gasteiger partial charge in [0, 0.05) is 6.54 Å². The third-order valence-corrected chi connectivity index (χ3v) is 4.42. The van der Waals surface area contributed by atoms with Gasteiger partial charge in [0.05, 0.1) is 31.1 Å². The monoisotopic (exact) mass is 328 g/mol. The van der Waals surface area contributed by atoms with Crippen molar-refractivity contribution in [3.05, 3.63) is 53.3 Å². The molecular formula is C18H24N4O2. The van der Waals surface area contributed by atoms with Crippen LogP contribution in [-0.4, -0.2) is 40.8 Å². The van der Waals surface area contributed by atoms with E-state index in [2.05, 4.69) is 22.4 Å². The Hall–Kier alpha value is -2.34. The average Bonchev–Trinajstić information content (AvgIpc) is 3.08. The number of morpholine rings is 1. The van der Waals surface area contributed by atoms with Crippen LogP contribution in [0, 0.1) is 0 Å². The summed E-state index contributed by atoms with van der Waals surface area (Å²) in [5.41, 5.74) is 2.53. The Balaban J connectivity index is 1.60. The van der Waals surface area contributed by atoms with Crippen molar-refractivity contribution in [2.24, 2.45) is 0 Å². The molecule has 1 saturated heterocycles. The number of aromatic amines is 1. The third kappa shape index (κ3) is 3.59. The van der Waals surface area contributed by atoms with Gasteiger partial charge in [0.2, 0.25) is 0 Å². The first-order valence-electron chi connectivity index (χ1n) is 8.36. The van der Waals surface area contributed by atoms with Crippen LogP contribution in [0.3, 0.4) is 0 Å². The molecule has 1 fully saturated rings. The van der Waals surface area contributed by atoms with E-state index in [4.69, 9.17) is 4.74 Å². The van der Waals surface area contributed by atoms with E-state index in [-0.39, 0.29) is 6.03 Å². The Morgan fingerprint density at radius 1 is 1.42 bits per heavy atom. The molecule has 2 heterocycles. The first-order chi connectivity index (χ1) is 11.6. The summed E-state index contributed by atoms with van der Waals surface area (Å²) in [7, 11) is 0. The van der Waals surface area contributed by atoms with E-state index in [0.29, 0.717) is 26.2 Å². The molecule has 1 unspecified atom stereocenters. The van der Waals surface area contributed by atoms with Crippen molar-refractivity contribution in [1.82, 2.24) is 20.4 Å². The van der Waals surface area contributed by atoms with Crippen LogP contribution in [0.25, 0.3) is 0 Å². The van der Waals surface area contributed by atoms with Crippen molar-refractivity contribution in [1.29, 1.82) is 0 Å². The van der Waals surface area contributed by atoms with Crippen LogP contribution >= 0.6 is 0 Å². The van der Waals surface area contributed by atoms with Crippen LogP contribution in [0.4, 0.5) is 4.79 Å². The highest BCUT2D eigenvalue weighted by molar-refractivity contribution is 5.74. The minimum absolute atomic E-state index is 0.0758. The van der Waals surface area contributed by atoms with Gasteiger partial charge in [0.1, 0.15) is 5.60 Å². The fourth-order valence-corrected chi connectivity index (χ4v) is 2.97. The molecule has 0 radical (unpaired) electrons. The minimum atomic E-state index is -0.472. The largest absolute Gasteiger partial charge is 0.367 e. The zero-order valence-corrected chi connectivity index (χ0v) is 14.2. The van der Waals surface area contributed by atoms with Crippen molar-refractivity contribution < 1.29 is 9.53 Å². The van der Waals surface area contributed by atoms with E-state index in [9.17, 15) is 4.79 Å². The number of rotatable bonds is 4. The normalized spacial score (nSPS) is 20.8. The maximum atomic E-state index is 12.5. The number of urea groups is 1. The molecule has 2 aromatic rings. The highest BCUT2D eigenvalue weighted by atomic mass is 16.5. The van der Waals surface area contributed by atoms with Crippen LogP contribution < -0.4 is 5.32 Å². The lowest BCUT2D eigenvalue weighted by Crippen LogP contribution is -2.53. The van der Waals surface area contributed by atoms with Crippen molar-refractivity contribution >= 4 is 6.03 Å². The topological polar surface area (TPSA) is 70.2 Å².